The number of benzene rings is 2. The van der Waals surface area contributed by atoms with E-state index in [-0.39, 0.29) is 0 Å². The Bertz CT molecular complexity index is 790. The first kappa shape index (κ1) is 11.9. The molecule has 0 bridgehead atoms. The molecule has 0 spiro atoms. The first-order valence-electron chi connectivity index (χ1n) is 6.03. The predicted octanol–water partition coefficient (Wildman–Crippen LogP) is 5.13. The number of aromatic nitrogens is 1. The van der Waals surface area contributed by atoms with E-state index in [4.69, 9.17) is 6.57 Å². The summed E-state index contributed by atoms with van der Waals surface area (Å²) in [6.45, 7) is 11.3. The van der Waals surface area contributed by atoms with Crippen LogP contribution in [-0.2, 0) is 0 Å². The first-order chi connectivity index (χ1) is 9.19. The fourth-order valence-corrected chi connectivity index (χ4v) is 3.07. The minimum absolute atomic E-state index is 0.666. The van der Waals surface area contributed by atoms with Crippen molar-refractivity contribution in [3.8, 4) is 10.6 Å². The van der Waals surface area contributed by atoms with Gasteiger partial charge in [0.1, 0.15) is 5.01 Å². The van der Waals surface area contributed by atoms with Crippen LogP contribution in [0.2, 0.25) is 0 Å². The molecule has 0 aliphatic heterocycles. The van der Waals surface area contributed by atoms with Crippen molar-refractivity contribution in [2.24, 2.45) is 0 Å². The van der Waals surface area contributed by atoms with E-state index in [1.807, 2.05) is 37.3 Å². The van der Waals surface area contributed by atoms with Crippen LogP contribution in [0.5, 0.6) is 0 Å². The average Bonchev–Trinajstić information content (AvgIpc) is 2.77. The Hall–Kier alpha value is -2.18. The van der Waals surface area contributed by atoms with Gasteiger partial charge in [0, 0.05) is 10.4 Å². The largest absolute Gasteiger partial charge is 0.241 e. The molecule has 0 amide bonds. The fourth-order valence-electron chi connectivity index (χ4n) is 2.12. The van der Waals surface area contributed by atoms with E-state index in [9.17, 15) is 0 Å². The van der Waals surface area contributed by atoms with Crippen molar-refractivity contribution in [2.45, 2.75) is 13.8 Å². The molecule has 0 saturated carbocycles. The summed E-state index contributed by atoms with van der Waals surface area (Å²) in [5.41, 5.74) is 2.79. The average molecular weight is 264 g/mol. The van der Waals surface area contributed by atoms with E-state index in [1.165, 1.54) is 4.88 Å². The molecule has 1 aromatic heterocycles. The van der Waals surface area contributed by atoms with Crippen LogP contribution in [0.1, 0.15) is 10.6 Å². The Kier molecular flexibility index (Phi) is 2.81. The number of hydrogen-bond donors (Lipinski definition) is 0. The Morgan fingerprint density at radius 2 is 1.95 bits per heavy atom. The number of nitrogens with zero attached hydrogens (tertiary/aromatic N) is 2. The highest BCUT2D eigenvalue weighted by Crippen LogP contribution is 2.36. The van der Waals surface area contributed by atoms with Crippen LogP contribution in [0, 0.1) is 20.4 Å². The number of hydrogen-bond acceptors (Lipinski definition) is 2. The van der Waals surface area contributed by atoms with E-state index in [1.54, 1.807) is 11.3 Å². The minimum Gasteiger partial charge on any atom is -0.241 e. The Labute approximate surface area is 116 Å². The molecule has 2 aromatic carbocycles. The van der Waals surface area contributed by atoms with Crippen molar-refractivity contribution in [3.05, 3.63) is 58.4 Å². The molecule has 0 atom stereocenters. The van der Waals surface area contributed by atoms with Crippen molar-refractivity contribution < 1.29 is 0 Å². The first-order valence-corrected chi connectivity index (χ1v) is 6.85. The summed E-state index contributed by atoms with van der Waals surface area (Å²) in [5.74, 6) is 0. The maximum absolute atomic E-state index is 7.23. The van der Waals surface area contributed by atoms with Gasteiger partial charge in [-0.2, -0.15) is 0 Å². The summed E-state index contributed by atoms with van der Waals surface area (Å²) < 4.78 is 0. The van der Waals surface area contributed by atoms with Gasteiger partial charge >= 0.3 is 0 Å². The van der Waals surface area contributed by atoms with Crippen LogP contribution >= 0.6 is 11.3 Å². The van der Waals surface area contributed by atoms with Gasteiger partial charge < -0.3 is 0 Å². The summed E-state index contributed by atoms with van der Waals surface area (Å²) in [7, 11) is 0. The lowest BCUT2D eigenvalue weighted by Crippen LogP contribution is -1.81. The van der Waals surface area contributed by atoms with Crippen LogP contribution in [0.4, 0.5) is 5.69 Å². The lowest BCUT2D eigenvalue weighted by molar-refractivity contribution is 1.23. The molecular weight excluding hydrogens is 252 g/mol. The maximum atomic E-state index is 7.23. The van der Waals surface area contributed by atoms with E-state index in [0.29, 0.717) is 5.69 Å². The van der Waals surface area contributed by atoms with E-state index >= 15 is 0 Å². The van der Waals surface area contributed by atoms with Crippen molar-refractivity contribution >= 4 is 27.8 Å². The Morgan fingerprint density at radius 3 is 2.63 bits per heavy atom. The summed E-state index contributed by atoms with van der Waals surface area (Å²) >= 11 is 1.69. The molecule has 0 fully saturated rings. The van der Waals surface area contributed by atoms with Gasteiger partial charge in [0.05, 0.1) is 12.3 Å². The summed E-state index contributed by atoms with van der Waals surface area (Å²) in [4.78, 5) is 9.41. The lowest BCUT2D eigenvalue weighted by Gasteiger charge is -2.05. The molecule has 0 unspecified atom stereocenters. The van der Waals surface area contributed by atoms with Gasteiger partial charge in [-0.1, -0.05) is 24.3 Å². The van der Waals surface area contributed by atoms with Gasteiger partial charge in [-0.05, 0) is 36.8 Å². The molecule has 2 nitrogen and oxygen atoms in total. The molecule has 0 aliphatic carbocycles. The van der Waals surface area contributed by atoms with Crippen LogP contribution in [0.3, 0.4) is 0 Å². The summed E-state index contributed by atoms with van der Waals surface area (Å²) in [6, 6.07) is 12.0. The monoisotopic (exact) mass is 264 g/mol. The molecule has 3 rings (SSSR count). The highest BCUT2D eigenvalue weighted by molar-refractivity contribution is 7.15. The second-order valence-corrected chi connectivity index (χ2v) is 5.69. The van der Waals surface area contributed by atoms with Crippen molar-refractivity contribution in [1.82, 2.24) is 4.98 Å². The second kappa shape index (κ2) is 4.49. The lowest BCUT2D eigenvalue weighted by atomic mass is 10.0. The molecular formula is C16H12N2S. The fraction of sp³-hybridized carbons (Fsp3) is 0.125. The topological polar surface area (TPSA) is 17.2 Å². The molecule has 0 radical (unpaired) electrons. The van der Waals surface area contributed by atoms with Gasteiger partial charge in [-0.25, -0.2) is 9.83 Å². The third-order valence-electron chi connectivity index (χ3n) is 3.23. The van der Waals surface area contributed by atoms with Crippen LogP contribution in [0.15, 0.2) is 36.4 Å². The molecule has 3 heteroatoms. The van der Waals surface area contributed by atoms with Crippen molar-refractivity contribution in [2.75, 3.05) is 0 Å². The zero-order valence-electron chi connectivity index (χ0n) is 10.8. The zero-order chi connectivity index (χ0) is 13.4. The van der Waals surface area contributed by atoms with E-state index < -0.39 is 0 Å². The van der Waals surface area contributed by atoms with Crippen LogP contribution in [0.25, 0.3) is 26.2 Å². The highest BCUT2D eigenvalue weighted by Gasteiger charge is 2.11. The molecule has 92 valence electrons. The minimum atomic E-state index is 0.666. The SMILES string of the molecule is [C-]#[N+]c1cc(-c2nc(C)c(C)s2)c2ccccc2c1. The second-order valence-electron chi connectivity index (χ2n) is 4.49. The van der Waals surface area contributed by atoms with Gasteiger partial charge in [0.2, 0.25) is 0 Å². The van der Waals surface area contributed by atoms with Gasteiger partial charge in [-0.15, -0.1) is 11.3 Å². The smallest absolute Gasteiger partial charge is 0.188 e. The maximum Gasteiger partial charge on any atom is 0.188 e. The number of aryl methyl sites for hydroxylation is 2. The number of rotatable bonds is 1. The standard InChI is InChI=1S/C16H12N2S/c1-10-11(2)19-16(18-10)15-9-13(17-3)8-12-6-4-5-7-14(12)15/h4-9H,1-2H3. The van der Waals surface area contributed by atoms with Crippen molar-refractivity contribution in [3.63, 3.8) is 0 Å². The molecule has 0 aliphatic rings. The van der Waals surface area contributed by atoms with Crippen LogP contribution < -0.4 is 0 Å². The molecule has 3 aromatic rings. The summed E-state index contributed by atoms with van der Waals surface area (Å²) in [6.07, 6.45) is 0. The third-order valence-corrected chi connectivity index (χ3v) is 4.34. The quantitative estimate of drug-likeness (QED) is 0.557. The normalized spacial score (nSPS) is 10.6. The Balaban J connectivity index is 2.36. The van der Waals surface area contributed by atoms with E-state index in [0.717, 1.165) is 27.0 Å². The zero-order valence-corrected chi connectivity index (χ0v) is 11.6. The Morgan fingerprint density at radius 1 is 1.16 bits per heavy atom. The number of fused-ring (bicyclic) bond motifs is 1. The van der Waals surface area contributed by atoms with Gasteiger partial charge in [0.25, 0.3) is 0 Å². The third kappa shape index (κ3) is 2.00. The van der Waals surface area contributed by atoms with Crippen LogP contribution in [-0.4, -0.2) is 4.98 Å². The molecule has 0 saturated heterocycles. The molecule has 1 heterocycles. The number of thiazole rings is 1. The highest BCUT2D eigenvalue weighted by atomic mass is 32.1. The van der Waals surface area contributed by atoms with Gasteiger partial charge in [-0.3, -0.25) is 0 Å². The summed E-state index contributed by atoms with van der Waals surface area (Å²) in [5, 5.41) is 3.25. The van der Waals surface area contributed by atoms with Gasteiger partial charge in [0.15, 0.2) is 5.69 Å². The molecule has 19 heavy (non-hydrogen) atoms. The molecule has 0 N–H and O–H groups in total. The van der Waals surface area contributed by atoms with E-state index in [2.05, 4.69) is 22.8 Å². The van der Waals surface area contributed by atoms with Crippen molar-refractivity contribution in [1.29, 1.82) is 0 Å². The predicted molar refractivity (Wildman–Crippen MR) is 80.8 cm³/mol.